The van der Waals surface area contributed by atoms with Gasteiger partial charge in [0.1, 0.15) is 0 Å². The minimum absolute atomic E-state index is 0.279. The highest BCUT2D eigenvalue weighted by Crippen LogP contribution is 2.60. The summed E-state index contributed by atoms with van der Waals surface area (Å²) < 4.78 is 0. The van der Waals surface area contributed by atoms with Crippen molar-refractivity contribution in [2.45, 2.75) is 95.7 Å². The Hall–Kier alpha value is -0.308. The topological polar surface area (TPSA) is 64.2 Å². The second-order valence-electron chi connectivity index (χ2n) is 7.32. The van der Waals surface area contributed by atoms with Gasteiger partial charge in [0.15, 0.2) is 0 Å². The molecule has 0 aliphatic carbocycles. The second-order valence-corrected chi connectivity index (χ2v) is 13.6. The third kappa shape index (κ3) is 3.91. The van der Waals surface area contributed by atoms with Crippen LogP contribution in [-0.2, 0) is 0 Å². The Morgan fingerprint density at radius 2 is 1.48 bits per heavy atom. The lowest BCUT2D eigenvalue weighted by atomic mass is 9.82. The van der Waals surface area contributed by atoms with E-state index in [2.05, 4.69) is 54.5 Å². The van der Waals surface area contributed by atoms with E-state index in [-0.39, 0.29) is 5.04 Å². The van der Waals surface area contributed by atoms with E-state index in [4.69, 9.17) is 10.0 Å². The molecule has 3 nitrogen and oxygen atoms in total. The quantitative estimate of drug-likeness (QED) is 0.612. The third-order valence-electron chi connectivity index (χ3n) is 5.58. The molecule has 0 spiro atoms. The molecule has 0 saturated carbocycles. The van der Waals surface area contributed by atoms with Crippen molar-refractivity contribution in [1.29, 1.82) is 5.26 Å². The summed E-state index contributed by atoms with van der Waals surface area (Å²) in [7, 11) is -3.16. The van der Waals surface area contributed by atoms with Crippen molar-refractivity contribution in [1.82, 2.24) is 0 Å². The molecule has 122 valence electrons. The molecule has 0 rings (SSSR count). The zero-order valence-corrected chi connectivity index (χ0v) is 16.0. The van der Waals surface area contributed by atoms with Crippen LogP contribution in [0.25, 0.3) is 0 Å². The summed E-state index contributed by atoms with van der Waals surface area (Å²) in [6.07, 6.45) is 2.73. The molecule has 0 amide bonds. The van der Waals surface area contributed by atoms with Crippen molar-refractivity contribution < 1.29 is 10.0 Å². The normalized spacial score (nSPS) is 15.4. The fourth-order valence-corrected chi connectivity index (χ4v) is 13.9. The lowest BCUT2D eigenvalue weighted by Gasteiger charge is -2.53. The van der Waals surface area contributed by atoms with Crippen molar-refractivity contribution in [3.8, 4) is 6.07 Å². The smallest absolute Gasteiger partial charge is 0.427 e. The van der Waals surface area contributed by atoms with Crippen LogP contribution in [0.3, 0.4) is 0 Å². The molecule has 0 aromatic rings. The number of nitrogens with zero attached hydrogens (tertiary/aromatic N) is 1. The SMILES string of the molecule is CCC(C#N)(CCCB(O)O)[Si](C(C)C)(C(C)C)C(C)C. The molecule has 2 N–H and O–H groups in total. The van der Waals surface area contributed by atoms with E-state index in [0.29, 0.717) is 29.4 Å². The van der Waals surface area contributed by atoms with Crippen molar-refractivity contribution in [3.63, 3.8) is 0 Å². The first-order valence-corrected chi connectivity index (χ1v) is 10.6. The number of hydrogen-bond donors (Lipinski definition) is 2. The van der Waals surface area contributed by atoms with Crippen LogP contribution >= 0.6 is 0 Å². The Bertz CT molecular complexity index is 331. The summed E-state index contributed by atoms with van der Waals surface area (Å²) >= 11 is 0. The highest BCUT2D eigenvalue weighted by molar-refractivity contribution is 6.86. The van der Waals surface area contributed by atoms with E-state index in [1.807, 2.05) is 0 Å². The molecule has 0 radical (unpaired) electrons. The van der Waals surface area contributed by atoms with Gasteiger partial charge in [-0.3, -0.25) is 0 Å². The van der Waals surface area contributed by atoms with Gasteiger partial charge in [-0.05, 0) is 35.8 Å². The van der Waals surface area contributed by atoms with Gasteiger partial charge in [-0.15, -0.1) is 0 Å². The molecule has 0 heterocycles. The average molecular weight is 311 g/mol. The van der Waals surface area contributed by atoms with Gasteiger partial charge >= 0.3 is 7.12 Å². The Morgan fingerprint density at radius 1 is 1.05 bits per heavy atom. The van der Waals surface area contributed by atoms with E-state index in [9.17, 15) is 5.26 Å². The first-order chi connectivity index (χ1) is 9.62. The van der Waals surface area contributed by atoms with E-state index in [1.54, 1.807) is 0 Å². The molecular weight excluding hydrogens is 277 g/mol. The minimum atomic E-state index is -1.90. The summed E-state index contributed by atoms with van der Waals surface area (Å²) in [4.78, 5) is 0. The molecule has 0 bridgehead atoms. The van der Waals surface area contributed by atoms with E-state index >= 15 is 0 Å². The molecule has 0 aliphatic heterocycles. The van der Waals surface area contributed by atoms with Crippen molar-refractivity contribution in [2.75, 3.05) is 0 Å². The second kappa shape index (κ2) is 8.36. The van der Waals surface area contributed by atoms with Gasteiger partial charge in [0.25, 0.3) is 0 Å². The maximum atomic E-state index is 10.1. The van der Waals surface area contributed by atoms with E-state index in [1.165, 1.54) is 0 Å². The van der Waals surface area contributed by atoms with Gasteiger partial charge < -0.3 is 10.0 Å². The predicted molar refractivity (Wildman–Crippen MR) is 93.9 cm³/mol. The summed E-state index contributed by atoms with van der Waals surface area (Å²) in [5, 5.41) is 28.0. The maximum Gasteiger partial charge on any atom is 0.451 e. The van der Waals surface area contributed by atoms with Crippen LogP contribution in [0.1, 0.15) is 67.7 Å². The first kappa shape index (κ1) is 20.7. The summed E-state index contributed by atoms with van der Waals surface area (Å²) in [6.45, 7) is 15.9. The van der Waals surface area contributed by atoms with Crippen LogP contribution in [0.4, 0.5) is 0 Å². The fraction of sp³-hybridized carbons (Fsp3) is 0.938. The van der Waals surface area contributed by atoms with Gasteiger partial charge in [0.05, 0.1) is 19.2 Å². The number of hydrogen-bond acceptors (Lipinski definition) is 3. The largest absolute Gasteiger partial charge is 0.451 e. The highest BCUT2D eigenvalue weighted by Gasteiger charge is 2.57. The number of rotatable bonds is 9. The van der Waals surface area contributed by atoms with Gasteiger partial charge in [-0.25, -0.2) is 0 Å². The minimum Gasteiger partial charge on any atom is -0.427 e. The van der Waals surface area contributed by atoms with E-state index < -0.39 is 15.2 Å². The van der Waals surface area contributed by atoms with Gasteiger partial charge in [0.2, 0.25) is 0 Å². The fourth-order valence-electron chi connectivity index (χ4n) is 5.18. The van der Waals surface area contributed by atoms with Crippen LogP contribution in [0.5, 0.6) is 0 Å². The maximum absolute atomic E-state index is 10.1. The van der Waals surface area contributed by atoms with Crippen LogP contribution in [-0.4, -0.2) is 25.2 Å². The zero-order valence-electron chi connectivity index (χ0n) is 15.0. The molecule has 1 unspecified atom stereocenters. The Balaban J connectivity index is 5.78. The lowest BCUT2D eigenvalue weighted by molar-refractivity contribution is 0.398. The molecule has 21 heavy (non-hydrogen) atoms. The molecule has 0 aliphatic rings. The molecule has 0 fully saturated rings. The molecule has 0 saturated heterocycles. The molecular formula is C16H34BNO2Si. The molecule has 5 heteroatoms. The van der Waals surface area contributed by atoms with Crippen LogP contribution in [0.2, 0.25) is 28.0 Å². The highest BCUT2D eigenvalue weighted by atomic mass is 28.3. The van der Waals surface area contributed by atoms with Crippen LogP contribution in [0.15, 0.2) is 0 Å². The van der Waals surface area contributed by atoms with Crippen LogP contribution in [0, 0.1) is 11.3 Å². The monoisotopic (exact) mass is 311 g/mol. The summed E-state index contributed by atoms with van der Waals surface area (Å²) in [5.41, 5.74) is 1.61. The first-order valence-electron chi connectivity index (χ1n) is 8.39. The Labute approximate surface area is 132 Å². The zero-order chi connectivity index (χ0) is 16.8. The Morgan fingerprint density at radius 3 is 1.71 bits per heavy atom. The summed E-state index contributed by atoms with van der Waals surface area (Å²) in [6, 6.07) is 2.72. The van der Waals surface area contributed by atoms with Gasteiger partial charge in [-0.2, -0.15) is 5.26 Å². The van der Waals surface area contributed by atoms with Gasteiger partial charge in [0, 0.05) is 0 Å². The van der Waals surface area contributed by atoms with Crippen molar-refractivity contribution in [2.24, 2.45) is 0 Å². The average Bonchev–Trinajstić information content (AvgIpc) is 2.35. The molecule has 0 aromatic heterocycles. The van der Waals surface area contributed by atoms with Crippen LogP contribution < -0.4 is 0 Å². The molecule has 1 atom stereocenters. The van der Waals surface area contributed by atoms with Crippen molar-refractivity contribution in [3.05, 3.63) is 0 Å². The third-order valence-corrected chi connectivity index (χ3v) is 13.7. The lowest BCUT2D eigenvalue weighted by Crippen LogP contribution is -2.55. The Kier molecular flexibility index (Phi) is 8.23. The summed E-state index contributed by atoms with van der Waals surface area (Å²) in [5.74, 6) is 0. The van der Waals surface area contributed by atoms with Gasteiger partial charge in [-0.1, -0.05) is 54.9 Å². The van der Waals surface area contributed by atoms with Crippen molar-refractivity contribution >= 4 is 15.2 Å². The standard InChI is InChI=1S/C16H34BNO2Si/c1-8-16(12-18,10-9-11-17(19)20)21(13(2)3,14(4)5)15(6)7/h13-15,19-20H,8-11H2,1-7H3. The van der Waals surface area contributed by atoms with E-state index in [0.717, 1.165) is 12.8 Å². The molecule has 0 aromatic carbocycles. The predicted octanol–water partition coefficient (Wildman–Crippen LogP) is 4.59. The number of nitriles is 1.